The summed E-state index contributed by atoms with van der Waals surface area (Å²) in [5.41, 5.74) is 2.21. The standard InChI is InChI=1S/C32H36N4O4/c1-33(21-26-11-5-2-6-12-26)29(37)22-35-25-36(28-15-9-4-10-16-28)32(31(35)39)17-19-34(20-18-32)30(38)24-40-23-27-13-7-3-8-14-27/h2-16H,17-25H2,1H3. The Morgan fingerprint density at radius 2 is 1.43 bits per heavy atom. The van der Waals surface area contributed by atoms with Crippen LogP contribution >= 0.6 is 0 Å². The maximum absolute atomic E-state index is 14.0. The summed E-state index contributed by atoms with van der Waals surface area (Å²) in [6.45, 7) is 2.14. The molecule has 2 saturated heterocycles. The summed E-state index contributed by atoms with van der Waals surface area (Å²) in [5, 5.41) is 0. The first-order valence-corrected chi connectivity index (χ1v) is 13.8. The summed E-state index contributed by atoms with van der Waals surface area (Å²) < 4.78 is 5.67. The van der Waals surface area contributed by atoms with Crippen LogP contribution in [0.15, 0.2) is 91.0 Å². The molecule has 3 amide bonds. The molecule has 0 saturated carbocycles. The first-order chi connectivity index (χ1) is 19.5. The minimum atomic E-state index is -0.790. The number of hydrogen-bond acceptors (Lipinski definition) is 5. The Bertz CT molecular complexity index is 1290. The van der Waals surface area contributed by atoms with Crippen molar-refractivity contribution in [3.05, 3.63) is 102 Å². The van der Waals surface area contributed by atoms with Gasteiger partial charge in [-0.15, -0.1) is 0 Å². The quantitative estimate of drug-likeness (QED) is 0.415. The maximum atomic E-state index is 14.0. The number of hydrogen-bond donors (Lipinski definition) is 0. The van der Waals surface area contributed by atoms with Crippen LogP contribution < -0.4 is 4.90 Å². The minimum Gasteiger partial charge on any atom is -0.367 e. The van der Waals surface area contributed by atoms with E-state index in [-0.39, 0.29) is 30.9 Å². The van der Waals surface area contributed by atoms with Gasteiger partial charge < -0.3 is 24.3 Å². The first kappa shape index (κ1) is 27.4. The molecular formula is C32H36N4O4. The number of nitrogens with zero attached hydrogens (tertiary/aromatic N) is 4. The molecule has 5 rings (SSSR count). The second kappa shape index (κ2) is 12.3. The van der Waals surface area contributed by atoms with E-state index in [9.17, 15) is 14.4 Å². The fraction of sp³-hybridized carbons (Fsp3) is 0.344. The number of carbonyl (C=O) groups is 3. The van der Waals surface area contributed by atoms with Gasteiger partial charge in [0.25, 0.3) is 5.91 Å². The lowest BCUT2D eigenvalue weighted by atomic mass is 9.85. The average molecular weight is 541 g/mol. The van der Waals surface area contributed by atoms with Gasteiger partial charge in [0.2, 0.25) is 11.8 Å². The molecule has 8 nitrogen and oxygen atoms in total. The van der Waals surface area contributed by atoms with Gasteiger partial charge in [-0.2, -0.15) is 0 Å². The average Bonchev–Trinajstić information content (AvgIpc) is 3.25. The van der Waals surface area contributed by atoms with Crippen LogP contribution in [0.5, 0.6) is 0 Å². The van der Waals surface area contributed by atoms with Gasteiger partial charge in [0.1, 0.15) is 18.7 Å². The van der Waals surface area contributed by atoms with Crippen molar-refractivity contribution in [1.29, 1.82) is 0 Å². The fourth-order valence-electron chi connectivity index (χ4n) is 5.60. The molecule has 0 radical (unpaired) electrons. The van der Waals surface area contributed by atoms with Crippen molar-refractivity contribution in [2.24, 2.45) is 0 Å². The highest BCUT2D eigenvalue weighted by atomic mass is 16.5. The third kappa shape index (κ3) is 6.02. The van der Waals surface area contributed by atoms with Crippen molar-refractivity contribution in [3.8, 4) is 0 Å². The van der Waals surface area contributed by atoms with E-state index in [1.54, 1.807) is 21.7 Å². The Kier molecular flexibility index (Phi) is 8.45. The SMILES string of the molecule is CN(Cc1ccccc1)C(=O)CN1CN(c2ccccc2)C2(CCN(C(=O)COCc3ccccc3)CC2)C1=O. The van der Waals surface area contributed by atoms with Gasteiger partial charge in [-0.25, -0.2) is 0 Å². The molecule has 8 heteroatoms. The van der Waals surface area contributed by atoms with Crippen LogP contribution in [0.3, 0.4) is 0 Å². The van der Waals surface area contributed by atoms with Crippen molar-refractivity contribution in [2.45, 2.75) is 31.5 Å². The van der Waals surface area contributed by atoms with Crippen molar-refractivity contribution >= 4 is 23.4 Å². The van der Waals surface area contributed by atoms with Gasteiger partial charge in [0, 0.05) is 32.4 Å². The van der Waals surface area contributed by atoms with E-state index in [4.69, 9.17) is 4.74 Å². The number of ether oxygens (including phenoxy) is 1. The largest absolute Gasteiger partial charge is 0.367 e. The van der Waals surface area contributed by atoms with E-state index >= 15 is 0 Å². The van der Waals surface area contributed by atoms with E-state index < -0.39 is 5.54 Å². The van der Waals surface area contributed by atoms with Gasteiger partial charge in [-0.1, -0.05) is 78.9 Å². The third-order valence-corrected chi connectivity index (χ3v) is 7.88. The van der Waals surface area contributed by atoms with Gasteiger partial charge in [0.15, 0.2) is 0 Å². The van der Waals surface area contributed by atoms with Crippen molar-refractivity contribution in [3.63, 3.8) is 0 Å². The predicted octanol–water partition coefficient (Wildman–Crippen LogP) is 3.53. The Balaban J connectivity index is 1.23. The molecule has 0 aromatic heterocycles. The Labute approximate surface area is 235 Å². The Morgan fingerprint density at radius 1 is 0.850 bits per heavy atom. The fourth-order valence-corrected chi connectivity index (χ4v) is 5.60. The summed E-state index contributed by atoms with van der Waals surface area (Å²) in [5.74, 6) is -0.229. The number of amides is 3. The number of benzene rings is 3. The lowest BCUT2D eigenvalue weighted by Gasteiger charge is -2.43. The highest BCUT2D eigenvalue weighted by molar-refractivity contribution is 5.96. The molecular weight excluding hydrogens is 504 g/mol. The normalized spacial score (nSPS) is 16.4. The topological polar surface area (TPSA) is 73.4 Å². The zero-order chi connectivity index (χ0) is 28.0. The molecule has 2 heterocycles. The van der Waals surface area contributed by atoms with Gasteiger partial charge in [-0.05, 0) is 36.1 Å². The van der Waals surface area contributed by atoms with Crippen molar-refractivity contribution in [1.82, 2.24) is 14.7 Å². The van der Waals surface area contributed by atoms with Crippen LogP contribution in [0.2, 0.25) is 0 Å². The molecule has 3 aromatic carbocycles. The summed E-state index contributed by atoms with van der Waals surface area (Å²) >= 11 is 0. The molecule has 0 atom stereocenters. The minimum absolute atomic E-state index is 0.00656. The zero-order valence-corrected chi connectivity index (χ0v) is 22.9. The number of likely N-dealkylation sites (tertiary alicyclic amines) is 1. The molecule has 208 valence electrons. The van der Waals surface area contributed by atoms with Gasteiger partial charge >= 0.3 is 0 Å². The van der Waals surface area contributed by atoms with Crippen LogP contribution in [-0.4, -0.2) is 77.9 Å². The van der Waals surface area contributed by atoms with Gasteiger partial charge in [-0.3, -0.25) is 14.4 Å². The molecule has 0 bridgehead atoms. The molecule has 0 aliphatic carbocycles. The second-order valence-electron chi connectivity index (χ2n) is 10.5. The summed E-state index contributed by atoms with van der Waals surface area (Å²) in [6, 6.07) is 29.4. The van der Waals surface area contributed by atoms with Crippen LogP contribution in [0.4, 0.5) is 5.69 Å². The van der Waals surface area contributed by atoms with Gasteiger partial charge in [0.05, 0.1) is 13.3 Å². The molecule has 40 heavy (non-hydrogen) atoms. The lowest BCUT2D eigenvalue weighted by molar-refractivity contribution is -0.143. The van der Waals surface area contributed by atoms with Crippen LogP contribution in [0, 0.1) is 0 Å². The Hall–Kier alpha value is -4.17. The first-order valence-electron chi connectivity index (χ1n) is 13.8. The number of piperidine rings is 1. The molecule has 2 fully saturated rings. The molecule has 3 aromatic rings. The van der Waals surface area contributed by atoms with Crippen LogP contribution in [-0.2, 0) is 32.3 Å². The van der Waals surface area contributed by atoms with E-state index in [1.807, 2.05) is 91.0 Å². The summed E-state index contributed by atoms with van der Waals surface area (Å²) in [4.78, 5) is 47.3. The number of anilines is 1. The van der Waals surface area contributed by atoms with E-state index in [0.29, 0.717) is 45.8 Å². The highest BCUT2D eigenvalue weighted by Crippen LogP contribution is 2.39. The number of para-hydroxylation sites is 1. The smallest absolute Gasteiger partial charge is 0.250 e. The Morgan fingerprint density at radius 3 is 2.05 bits per heavy atom. The number of carbonyl (C=O) groups excluding carboxylic acids is 3. The lowest BCUT2D eigenvalue weighted by Crippen LogP contribution is -2.57. The molecule has 1 spiro atoms. The molecule has 0 N–H and O–H groups in total. The number of rotatable bonds is 9. The summed E-state index contributed by atoms with van der Waals surface area (Å²) in [6.07, 6.45) is 0.991. The van der Waals surface area contributed by atoms with E-state index in [0.717, 1.165) is 16.8 Å². The van der Waals surface area contributed by atoms with Crippen molar-refractivity contribution in [2.75, 3.05) is 44.9 Å². The van der Waals surface area contributed by atoms with E-state index in [1.165, 1.54) is 0 Å². The molecule has 0 unspecified atom stereocenters. The maximum Gasteiger partial charge on any atom is 0.250 e. The summed E-state index contributed by atoms with van der Waals surface area (Å²) in [7, 11) is 1.77. The zero-order valence-electron chi connectivity index (χ0n) is 22.9. The second-order valence-corrected chi connectivity index (χ2v) is 10.5. The van der Waals surface area contributed by atoms with E-state index in [2.05, 4.69) is 4.90 Å². The molecule has 2 aliphatic heterocycles. The van der Waals surface area contributed by atoms with Crippen LogP contribution in [0.1, 0.15) is 24.0 Å². The molecule has 2 aliphatic rings. The number of likely N-dealkylation sites (N-methyl/N-ethyl adjacent to an activating group) is 1. The highest BCUT2D eigenvalue weighted by Gasteiger charge is 2.54. The third-order valence-electron chi connectivity index (χ3n) is 7.88. The van der Waals surface area contributed by atoms with Crippen molar-refractivity contribution < 1.29 is 19.1 Å². The monoisotopic (exact) mass is 540 g/mol. The predicted molar refractivity (Wildman–Crippen MR) is 153 cm³/mol. The van der Waals surface area contributed by atoms with Crippen LogP contribution in [0.25, 0.3) is 0 Å².